The van der Waals surface area contributed by atoms with Crippen molar-refractivity contribution in [1.29, 1.82) is 0 Å². The largest absolute Gasteiger partial charge is 0.494 e. The molecule has 12 heteroatoms. The second kappa shape index (κ2) is 13.7. The van der Waals surface area contributed by atoms with Crippen molar-refractivity contribution in [2.24, 2.45) is 34.5 Å². The van der Waals surface area contributed by atoms with Gasteiger partial charge < -0.3 is 43.4 Å². The van der Waals surface area contributed by atoms with E-state index in [0.717, 1.165) is 0 Å². The maximum atomic E-state index is 14.2. The Labute approximate surface area is 317 Å². The van der Waals surface area contributed by atoms with E-state index in [1.54, 1.807) is 69.9 Å². The number of carbonyl (C=O) groups is 2. The van der Waals surface area contributed by atoms with Crippen molar-refractivity contribution in [2.45, 2.75) is 88.1 Å². The Morgan fingerprint density at radius 3 is 2.00 bits per heavy atom. The molecule has 12 nitrogen and oxygen atoms in total. The number of fused-ring (bicyclic) bond motifs is 2. The van der Waals surface area contributed by atoms with Crippen LogP contribution in [0.2, 0.25) is 0 Å². The normalized spacial score (nSPS) is 41.3. The number of rotatable bonds is 13. The molecule has 1 aliphatic heterocycles. The van der Waals surface area contributed by atoms with Crippen LogP contribution in [0.15, 0.2) is 48.5 Å². The molecule has 0 aromatic heterocycles. The number of likely N-dealkylation sites (N-methyl/N-ethyl adjacent to an activating group) is 1. The van der Waals surface area contributed by atoms with E-state index in [1.165, 1.54) is 0 Å². The summed E-state index contributed by atoms with van der Waals surface area (Å²) in [5.74, 6) is -1.31. The van der Waals surface area contributed by atoms with E-state index in [-0.39, 0.29) is 24.2 Å². The van der Waals surface area contributed by atoms with E-state index < -0.39 is 70.3 Å². The van der Waals surface area contributed by atoms with Gasteiger partial charge in [-0.1, -0.05) is 6.92 Å². The Kier molecular flexibility index (Phi) is 9.58. The average molecular weight is 750 g/mol. The summed E-state index contributed by atoms with van der Waals surface area (Å²) in [5, 5.41) is 27.3. The fourth-order valence-electron chi connectivity index (χ4n) is 13.1. The van der Waals surface area contributed by atoms with Crippen LogP contribution in [0.3, 0.4) is 0 Å². The highest BCUT2D eigenvalue weighted by atomic mass is 16.6. The first-order chi connectivity index (χ1) is 26.0. The molecule has 6 fully saturated rings. The Hall–Kier alpha value is -3.26. The first kappa shape index (κ1) is 37.7. The number of benzene rings is 2. The van der Waals surface area contributed by atoms with Crippen LogP contribution in [0.1, 0.15) is 67.2 Å². The Morgan fingerprint density at radius 2 is 1.46 bits per heavy atom. The van der Waals surface area contributed by atoms with E-state index in [9.17, 15) is 19.8 Å². The van der Waals surface area contributed by atoms with E-state index in [0.29, 0.717) is 74.8 Å². The number of aliphatic hydroxyl groups is 2. The quantitative estimate of drug-likeness (QED) is 0.284. The van der Waals surface area contributed by atoms with E-state index >= 15 is 0 Å². The van der Waals surface area contributed by atoms with Gasteiger partial charge in [-0.3, -0.25) is 4.90 Å². The zero-order valence-electron chi connectivity index (χ0n) is 32.2. The summed E-state index contributed by atoms with van der Waals surface area (Å²) in [5.41, 5.74) is -4.23. The number of piperidine rings is 1. The van der Waals surface area contributed by atoms with E-state index in [4.69, 9.17) is 33.2 Å². The SMILES string of the molecule is CCOc1ccc(C(=O)O[C@H]2[C@@H]3C[C@@H]4[C@H]2[C@](O)(C[C@@H]3OC)[C@]2(O)[C@@H](OC)[C@@H]3[C@@]5(COC)CC[C@H](OC(=O)c6ccc(OCC)cc6)[C@@]43[C@@H]2N(CC)C5)cc1. The molecule has 294 valence electrons. The molecular weight excluding hydrogens is 694 g/mol. The Balaban J connectivity index is 1.27. The van der Waals surface area contributed by atoms with Crippen LogP contribution in [0, 0.1) is 34.5 Å². The summed E-state index contributed by atoms with van der Waals surface area (Å²) < 4.78 is 43.1. The maximum Gasteiger partial charge on any atom is 0.338 e. The van der Waals surface area contributed by atoms with Crippen LogP contribution in [0.5, 0.6) is 11.5 Å². The maximum absolute atomic E-state index is 14.2. The summed E-state index contributed by atoms with van der Waals surface area (Å²) >= 11 is 0. The molecule has 13 atom stereocenters. The van der Waals surface area contributed by atoms with Crippen molar-refractivity contribution in [3.8, 4) is 11.5 Å². The number of likely N-dealkylation sites (tertiary alicyclic amines) is 1. The van der Waals surface area contributed by atoms with Gasteiger partial charge in [0.05, 0.1) is 49.2 Å². The van der Waals surface area contributed by atoms with E-state index in [1.807, 2.05) is 13.8 Å². The molecule has 5 aliphatic carbocycles. The van der Waals surface area contributed by atoms with Crippen molar-refractivity contribution in [2.75, 3.05) is 54.2 Å². The third-order valence-corrected chi connectivity index (χ3v) is 14.5. The highest BCUT2D eigenvalue weighted by molar-refractivity contribution is 5.90. The van der Waals surface area contributed by atoms with Crippen molar-refractivity contribution in [3.63, 3.8) is 0 Å². The van der Waals surface area contributed by atoms with Crippen LogP contribution < -0.4 is 9.47 Å². The van der Waals surface area contributed by atoms with Gasteiger partial charge in [-0.25, -0.2) is 9.59 Å². The average Bonchev–Trinajstić information content (AvgIpc) is 3.57. The van der Waals surface area contributed by atoms with Crippen LogP contribution in [0.4, 0.5) is 0 Å². The van der Waals surface area contributed by atoms with Crippen molar-refractivity contribution < 1.29 is 53.0 Å². The number of methoxy groups -OCH3 is 3. The van der Waals surface area contributed by atoms with Gasteiger partial charge in [0.25, 0.3) is 0 Å². The van der Waals surface area contributed by atoms with Crippen molar-refractivity contribution in [3.05, 3.63) is 59.7 Å². The minimum atomic E-state index is -1.84. The van der Waals surface area contributed by atoms with Gasteiger partial charge in [-0.2, -0.15) is 0 Å². The fourth-order valence-corrected chi connectivity index (χ4v) is 13.1. The number of ether oxygens (including phenoxy) is 7. The molecule has 2 N–H and O–H groups in total. The topological polar surface area (TPSA) is 142 Å². The molecule has 6 aliphatic rings. The Morgan fingerprint density at radius 1 is 0.852 bits per heavy atom. The number of esters is 2. The summed E-state index contributed by atoms with van der Waals surface area (Å²) in [6, 6.07) is 13.2. The molecule has 1 heterocycles. The monoisotopic (exact) mass is 749 g/mol. The molecular formula is C42H55NO11. The highest BCUT2D eigenvalue weighted by Crippen LogP contribution is 2.80. The zero-order chi connectivity index (χ0) is 38.2. The predicted molar refractivity (Wildman–Crippen MR) is 195 cm³/mol. The summed E-state index contributed by atoms with van der Waals surface area (Å²) in [7, 11) is 4.91. The summed E-state index contributed by atoms with van der Waals surface area (Å²) in [6.45, 7) is 8.52. The lowest BCUT2D eigenvalue weighted by molar-refractivity contribution is -0.316. The van der Waals surface area contributed by atoms with Gasteiger partial charge in [0.1, 0.15) is 34.9 Å². The predicted octanol–water partition coefficient (Wildman–Crippen LogP) is 4.14. The second-order valence-corrected chi connectivity index (χ2v) is 16.4. The van der Waals surface area contributed by atoms with Gasteiger partial charge in [0.15, 0.2) is 0 Å². The third kappa shape index (κ3) is 4.95. The summed E-state index contributed by atoms with van der Waals surface area (Å²) in [6.07, 6.45) is -0.878. The molecule has 0 amide bonds. The molecule has 5 saturated carbocycles. The van der Waals surface area contributed by atoms with Crippen LogP contribution in [-0.4, -0.2) is 123 Å². The lowest BCUT2D eigenvalue weighted by Gasteiger charge is -2.69. The first-order valence-electron chi connectivity index (χ1n) is 19.6. The Bertz CT molecular complexity index is 1720. The highest BCUT2D eigenvalue weighted by Gasteiger charge is 2.92. The standard InChI is InChI=1S/C42H55NO11/c1-7-43-22-39(23-48-4)19-18-31(53-36(44)24-10-14-26(15-11-24)51-8-2)41-29-20-28-30(49-5)21-40(46,42(47,38(41)43)35(50-6)34(39)41)32(29)33(28)54-37(45)25-12-16-27(17-13-25)52-9-3/h10-17,28-35,38,46-47H,7-9,18-23H2,1-6H3/t28-,29-,30+,31+,32-,33+,34-,35+,38+,39+,40-,41+,42+/m1/s1. The fraction of sp³-hybridized carbons (Fsp3) is 0.667. The molecule has 0 radical (unpaired) electrons. The van der Waals surface area contributed by atoms with Crippen molar-refractivity contribution in [1.82, 2.24) is 4.90 Å². The number of carbonyl (C=O) groups excluding carboxylic acids is 2. The smallest absolute Gasteiger partial charge is 0.338 e. The lowest BCUT2D eigenvalue weighted by atomic mass is 9.42. The first-order valence-corrected chi connectivity index (χ1v) is 19.6. The lowest BCUT2D eigenvalue weighted by Crippen LogP contribution is -2.82. The molecule has 54 heavy (non-hydrogen) atoms. The summed E-state index contributed by atoms with van der Waals surface area (Å²) in [4.78, 5) is 30.5. The molecule has 2 aromatic rings. The number of hydrogen-bond acceptors (Lipinski definition) is 12. The molecule has 1 saturated heterocycles. The number of nitrogens with zero attached hydrogens (tertiary/aromatic N) is 1. The molecule has 2 aromatic carbocycles. The van der Waals surface area contributed by atoms with Gasteiger partial charge in [-0.15, -0.1) is 0 Å². The minimum absolute atomic E-state index is 0.146. The number of hydrogen-bond donors (Lipinski definition) is 2. The van der Waals surface area contributed by atoms with Gasteiger partial charge in [0, 0.05) is 62.9 Å². The van der Waals surface area contributed by atoms with Gasteiger partial charge >= 0.3 is 11.9 Å². The minimum Gasteiger partial charge on any atom is -0.494 e. The van der Waals surface area contributed by atoms with Crippen LogP contribution >= 0.6 is 0 Å². The molecule has 7 bridgehead atoms. The van der Waals surface area contributed by atoms with Crippen molar-refractivity contribution >= 4 is 11.9 Å². The third-order valence-electron chi connectivity index (χ3n) is 14.5. The van der Waals surface area contributed by atoms with Crippen LogP contribution in [-0.2, 0) is 23.7 Å². The molecule has 1 spiro atoms. The van der Waals surface area contributed by atoms with Gasteiger partial charge in [0.2, 0.25) is 0 Å². The second-order valence-electron chi connectivity index (χ2n) is 16.4. The molecule has 0 unspecified atom stereocenters. The molecule has 8 rings (SSSR count). The van der Waals surface area contributed by atoms with E-state index in [2.05, 4.69) is 11.8 Å². The zero-order valence-corrected chi connectivity index (χ0v) is 32.2. The van der Waals surface area contributed by atoms with Gasteiger partial charge in [-0.05, 0) is 94.1 Å². The van der Waals surface area contributed by atoms with Crippen LogP contribution in [0.25, 0.3) is 0 Å².